The molecule has 28 heavy (non-hydrogen) atoms. The molecule has 3 rings (SSSR count). The summed E-state index contributed by atoms with van der Waals surface area (Å²) in [6, 6.07) is 8.69. The molecule has 0 bridgehead atoms. The van der Waals surface area contributed by atoms with Crippen LogP contribution in [0.5, 0.6) is 0 Å². The van der Waals surface area contributed by atoms with Crippen LogP contribution in [0.2, 0.25) is 5.02 Å². The smallest absolute Gasteiger partial charge is 0.225 e. The minimum Gasteiger partial charge on any atom is -0.353 e. The van der Waals surface area contributed by atoms with Gasteiger partial charge in [0, 0.05) is 43.5 Å². The monoisotopic (exact) mass is 401 g/mol. The van der Waals surface area contributed by atoms with E-state index in [9.17, 15) is 9.59 Å². The van der Waals surface area contributed by atoms with Crippen molar-refractivity contribution in [3.63, 3.8) is 0 Å². The van der Waals surface area contributed by atoms with Gasteiger partial charge in [-0.15, -0.1) is 0 Å². The summed E-state index contributed by atoms with van der Waals surface area (Å²) < 4.78 is 0. The number of nitrogens with zero attached hydrogens (tertiary/aromatic N) is 3. The van der Waals surface area contributed by atoms with Crippen LogP contribution >= 0.6 is 11.6 Å². The number of carbonyl (C=O) groups is 2. The SMILES string of the molecule is CC(=O)NC(CC(=O)NC1CCN(c2ncccn2)CC1)c1ccc(Cl)cc1. The molecule has 0 spiro atoms. The summed E-state index contributed by atoms with van der Waals surface area (Å²) in [5.74, 6) is 0.466. The molecule has 7 nitrogen and oxygen atoms in total. The van der Waals surface area contributed by atoms with E-state index in [1.54, 1.807) is 30.6 Å². The zero-order chi connectivity index (χ0) is 19.9. The Balaban J connectivity index is 1.53. The van der Waals surface area contributed by atoms with E-state index in [0.29, 0.717) is 5.02 Å². The van der Waals surface area contributed by atoms with Gasteiger partial charge >= 0.3 is 0 Å². The van der Waals surface area contributed by atoms with E-state index in [4.69, 9.17) is 11.6 Å². The average molecular weight is 402 g/mol. The topological polar surface area (TPSA) is 87.2 Å². The summed E-state index contributed by atoms with van der Waals surface area (Å²) in [4.78, 5) is 34.8. The highest BCUT2D eigenvalue weighted by Gasteiger charge is 2.24. The van der Waals surface area contributed by atoms with Crippen molar-refractivity contribution in [3.05, 3.63) is 53.3 Å². The first-order valence-electron chi connectivity index (χ1n) is 9.35. The first-order valence-corrected chi connectivity index (χ1v) is 9.73. The third-order valence-corrected chi connectivity index (χ3v) is 4.99. The van der Waals surface area contributed by atoms with Crippen LogP contribution in [0, 0.1) is 0 Å². The predicted octanol–water partition coefficient (Wildman–Crippen LogP) is 2.48. The van der Waals surface area contributed by atoms with E-state index in [-0.39, 0.29) is 30.3 Å². The molecule has 1 aromatic heterocycles. The number of anilines is 1. The van der Waals surface area contributed by atoms with Crippen LogP contribution in [-0.4, -0.2) is 40.9 Å². The lowest BCUT2D eigenvalue weighted by Gasteiger charge is -2.32. The summed E-state index contributed by atoms with van der Waals surface area (Å²) in [7, 11) is 0. The molecule has 2 amide bonds. The van der Waals surface area contributed by atoms with Crippen molar-refractivity contribution >= 4 is 29.4 Å². The molecule has 2 heterocycles. The molecule has 148 valence electrons. The quantitative estimate of drug-likeness (QED) is 0.776. The van der Waals surface area contributed by atoms with E-state index in [2.05, 4.69) is 25.5 Å². The zero-order valence-corrected chi connectivity index (χ0v) is 16.5. The Labute approximate surface area is 169 Å². The molecule has 0 saturated carbocycles. The van der Waals surface area contributed by atoms with Crippen LogP contribution < -0.4 is 15.5 Å². The first kappa shape index (κ1) is 20.1. The summed E-state index contributed by atoms with van der Waals surface area (Å²) in [6.07, 6.45) is 5.30. The molecule has 0 radical (unpaired) electrons. The third kappa shape index (κ3) is 5.66. The highest BCUT2D eigenvalue weighted by atomic mass is 35.5. The van der Waals surface area contributed by atoms with Crippen molar-refractivity contribution in [2.24, 2.45) is 0 Å². The Hall–Kier alpha value is -2.67. The largest absolute Gasteiger partial charge is 0.353 e. The molecule has 2 N–H and O–H groups in total. The van der Waals surface area contributed by atoms with Gasteiger partial charge < -0.3 is 15.5 Å². The molecule has 1 aliphatic heterocycles. The fourth-order valence-electron chi connectivity index (χ4n) is 3.34. The second-order valence-electron chi connectivity index (χ2n) is 6.89. The molecule has 1 saturated heterocycles. The molecule has 0 aliphatic carbocycles. The van der Waals surface area contributed by atoms with E-state index in [1.807, 2.05) is 12.1 Å². The van der Waals surface area contributed by atoms with Gasteiger partial charge in [0.25, 0.3) is 0 Å². The minimum atomic E-state index is -0.382. The Morgan fingerprint density at radius 1 is 1.18 bits per heavy atom. The second-order valence-corrected chi connectivity index (χ2v) is 7.32. The summed E-state index contributed by atoms with van der Waals surface area (Å²) in [5.41, 5.74) is 0.853. The van der Waals surface area contributed by atoms with Gasteiger partial charge in [-0.1, -0.05) is 23.7 Å². The first-order chi connectivity index (χ1) is 13.5. The van der Waals surface area contributed by atoms with Crippen molar-refractivity contribution in [3.8, 4) is 0 Å². The maximum Gasteiger partial charge on any atom is 0.225 e. The number of benzene rings is 1. The van der Waals surface area contributed by atoms with Crippen molar-refractivity contribution in [1.29, 1.82) is 0 Å². The number of piperidine rings is 1. The van der Waals surface area contributed by atoms with Crippen molar-refractivity contribution < 1.29 is 9.59 Å². The van der Waals surface area contributed by atoms with Gasteiger partial charge in [-0.05, 0) is 36.6 Å². The van der Waals surface area contributed by atoms with Gasteiger partial charge in [0.1, 0.15) is 0 Å². The van der Waals surface area contributed by atoms with Gasteiger partial charge in [0.05, 0.1) is 12.5 Å². The number of hydrogen-bond acceptors (Lipinski definition) is 5. The van der Waals surface area contributed by atoms with Gasteiger partial charge in [0.15, 0.2) is 0 Å². The Bertz CT molecular complexity index is 792. The maximum absolute atomic E-state index is 12.6. The van der Waals surface area contributed by atoms with Crippen LogP contribution in [0.15, 0.2) is 42.7 Å². The fourth-order valence-corrected chi connectivity index (χ4v) is 3.47. The lowest BCUT2D eigenvalue weighted by atomic mass is 10.0. The Morgan fingerprint density at radius 2 is 1.82 bits per heavy atom. The summed E-state index contributed by atoms with van der Waals surface area (Å²) in [5, 5.41) is 6.55. The van der Waals surface area contributed by atoms with Crippen molar-refractivity contribution in [2.75, 3.05) is 18.0 Å². The zero-order valence-electron chi connectivity index (χ0n) is 15.8. The molecule has 8 heteroatoms. The fraction of sp³-hybridized carbons (Fsp3) is 0.400. The van der Waals surface area contributed by atoms with E-state index >= 15 is 0 Å². The highest BCUT2D eigenvalue weighted by molar-refractivity contribution is 6.30. The Kier molecular flexibility index (Phi) is 6.81. The van der Waals surface area contributed by atoms with Gasteiger partial charge in [-0.3, -0.25) is 9.59 Å². The molecular weight excluding hydrogens is 378 g/mol. The number of hydrogen-bond donors (Lipinski definition) is 2. The summed E-state index contributed by atoms with van der Waals surface area (Å²) >= 11 is 5.93. The van der Waals surface area contributed by atoms with Crippen LogP contribution in [-0.2, 0) is 9.59 Å². The predicted molar refractivity (Wildman–Crippen MR) is 108 cm³/mol. The molecule has 1 aromatic carbocycles. The molecule has 1 unspecified atom stereocenters. The van der Waals surface area contributed by atoms with Gasteiger partial charge in [-0.25, -0.2) is 9.97 Å². The number of nitrogens with one attached hydrogen (secondary N) is 2. The van der Waals surface area contributed by atoms with E-state index < -0.39 is 0 Å². The minimum absolute atomic E-state index is 0.0805. The van der Waals surface area contributed by atoms with Crippen LogP contribution in [0.3, 0.4) is 0 Å². The standard InChI is InChI=1S/C20H24ClN5O2/c1-14(27)24-18(15-3-5-16(21)6-4-15)13-19(28)25-17-7-11-26(12-8-17)20-22-9-2-10-23-20/h2-6,9-10,17-18H,7-8,11-13H2,1H3,(H,24,27)(H,25,28). The number of aromatic nitrogens is 2. The molecule has 1 fully saturated rings. The van der Waals surface area contributed by atoms with Crippen LogP contribution in [0.4, 0.5) is 5.95 Å². The number of halogens is 1. The lowest BCUT2D eigenvalue weighted by molar-refractivity contribution is -0.123. The normalized spacial score (nSPS) is 15.7. The van der Waals surface area contributed by atoms with E-state index in [0.717, 1.165) is 37.4 Å². The van der Waals surface area contributed by atoms with Gasteiger partial charge in [-0.2, -0.15) is 0 Å². The lowest BCUT2D eigenvalue weighted by Crippen LogP contribution is -2.46. The Morgan fingerprint density at radius 3 is 2.43 bits per heavy atom. The highest BCUT2D eigenvalue weighted by Crippen LogP contribution is 2.20. The van der Waals surface area contributed by atoms with Crippen molar-refractivity contribution in [1.82, 2.24) is 20.6 Å². The average Bonchev–Trinajstić information content (AvgIpc) is 2.69. The van der Waals surface area contributed by atoms with Crippen molar-refractivity contribution in [2.45, 2.75) is 38.3 Å². The number of carbonyl (C=O) groups excluding carboxylic acids is 2. The van der Waals surface area contributed by atoms with Crippen LogP contribution in [0.1, 0.15) is 37.8 Å². The molecular formula is C20H24ClN5O2. The van der Waals surface area contributed by atoms with E-state index in [1.165, 1.54) is 6.92 Å². The van der Waals surface area contributed by atoms with Gasteiger partial charge in [0.2, 0.25) is 17.8 Å². The molecule has 1 aliphatic rings. The molecule has 2 aromatic rings. The number of rotatable bonds is 6. The third-order valence-electron chi connectivity index (χ3n) is 4.73. The van der Waals surface area contributed by atoms with Crippen LogP contribution in [0.25, 0.3) is 0 Å². The maximum atomic E-state index is 12.6. The summed E-state index contributed by atoms with van der Waals surface area (Å²) in [6.45, 7) is 3.03. The second kappa shape index (κ2) is 9.50. The number of amides is 2. The molecule has 1 atom stereocenters.